The standard InChI is InChI=1S/C24H24INOS.C14H28/c1-18(25)23(26-19(2)28)27-24(20-12-6-3-7-13-20,21-14-8-4-9-15-21)22-16-10-5-11-17-22;1-2-3-4-5-6-7-8-9-10-11-14-12-13-14/h3-18,23H,1-2H3,(H,26,28);14H,2-13H2,1H3. The van der Waals surface area contributed by atoms with Crippen molar-refractivity contribution >= 4 is 39.8 Å². The molecule has 0 bridgehead atoms. The maximum Gasteiger partial charge on any atom is 0.146 e. The smallest absolute Gasteiger partial charge is 0.146 e. The maximum atomic E-state index is 6.96. The monoisotopic (exact) mass is 697 g/mol. The average Bonchev–Trinajstić information content (AvgIpc) is 3.84. The molecule has 4 heteroatoms. The second-order valence-corrected chi connectivity index (χ2v) is 14.3. The Hall–Kier alpha value is -1.76. The maximum absolute atomic E-state index is 6.96. The van der Waals surface area contributed by atoms with Crippen molar-refractivity contribution in [1.82, 2.24) is 5.32 Å². The van der Waals surface area contributed by atoms with E-state index in [1.807, 2.05) is 25.1 Å². The molecule has 228 valence electrons. The van der Waals surface area contributed by atoms with Crippen LogP contribution in [0.2, 0.25) is 0 Å². The van der Waals surface area contributed by atoms with Gasteiger partial charge in [0.1, 0.15) is 11.8 Å². The Labute approximate surface area is 275 Å². The lowest BCUT2D eigenvalue weighted by molar-refractivity contribution is -0.0509. The Morgan fingerprint density at radius 2 is 1.17 bits per heavy atom. The number of hydrogen-bond donors (Lipinski definition) is 1. The van der Waals surface area contributed by atoms with Crippen molar-refractivity contribution in [2.75, 3.05) is 0 Å². The van der Waals surface area contributed by atoms with Crippen LogP contribution in [0.25, 0.3) is 0 Å². The number of thiocarbonyl (C=S) groups is 1. The van der Waals surface area contributed by atoms with Gasteiger partial charge >= 0.3 is 0 Å². The van der Waals surface area contributed by atoms with E-state index in [0.717, 1.165) is 27.6 Å². The predicted molar refractivity (Wildman–Crippen MR) is 194 cm³/mol. The number of halogens is 1. The molecule has 0 radical (unpaired) electrons. The molecule has 3 aromatic rings. The molecule has 0 amide bonds. The second-order valence-electron chi connectivity index (χ2n) is 11.8. The fourth-order valence-corrected chi connectivity index (χ4v) is 5.94. The lowest BCUT2D eigenvalue weighted by atomic mass is 9.80. The highest BCUT2D eigenvalue weighted by molar-refractivity contribution is 14.1. The van der Waals surface area contributed by atoms with Gasteiger partial charge in [-0.05, 0) is 36.5 Å². The Morgan fingerprint density at radius 1 is 0.762 bits per heavy atom. The minimum absolute atomic E-state index is 0.200. The van der Waals surface area contributed by atoms with Gasteiger partial charge in [0.25, 0.3) is 0 Å². The molecule has 2 unspecified atom stereocenters. The number of unbranched alkanes of at least 4 members (excludes halogenated alkanes) is 8. The number of ether oxygens (including phenoxy) is 1. The summed E-state index contributed by atoms with van der Waals surface area (Å²) in [4.78, 5) is 0.719. The highest BCUT2D eigenvalue weighted by Gasteiger charge is 2.40. The molecule has 42 heavy (non-hydrogen) atoms. The van der Waals surface area contributed by atoms with Crippen LogP contribution in [0.5, 0.6) is 0 Å². The van der Waals surface area contributed by atoms with Crippen molar-refractivity contribution < 1.29 is 4.74 Å². The Bertz CT molecular complexity index is 1020. The molecule has 1 aliphatic rings. The van der Waals surface area contributed by atoms with Gasteiger partial charge in [0.05, 0.1) is 8.91 Å². The summed E-state index contributed by atoms with van der Waals surface area (Å²) in [6, 6.07) is 31.2. The van der Waals surface area contributed by atoms with Crippen molar-refractivity contribution in [2.24, 2.45) is 5.92 Å². The van der Waals surface area contributed by atoms with E-state index in [4.69, 9.17) is 17.0 Å². The zero-order chi connectivity index (χ0) is 30.0. The zero-order valence-electron chi connectivity index (χ0n) is 26.1. The number of hydrogen-bond acceptors (Lipinski definition) is 2. The van der Waals surface area contributed by atoms with Crippen LogP contribution in [0.3, 0.4) is 0 Å². The van der Waals surface area contributed by atoms with E-state index >= 15 is 0 Å². The van der Waals surface area contributed by atoms with Crippen LogP contribution in [-0.2, 0) is 10.3 Å². The second kappa shape index (κ2) is 19.5. The van der Waals surface area contributed by atoms with E-state index in [1.54, 1.807) is 0 Å². The van der Waals surface area contributed by atoms with Gasteiger partial charge in [-0.1, -0.05) is 210 Å². The molecular weight excluding hydrogens is 645 g/mol. The summed E-state index contributed by atoms with van der Waals surface area (Å²) < 4.78 is 7.16. The Balaban J connectivity index is 0.000000291. The molecule has 1 fully saturated rings. The van der Waals surface area contributed by atoms with Crippen LogP contribution < -0.4 is 5.32 Å². The third kappa shape index (κ3) is 11.7. The van der Waals surface area contributed by atoms with E-state index in [-0.39, 0.29) is 10.2 Å². The van der Waals surface area contributed by atoms with Crippen LogP contribution in [0.15, 0.2) is 91.0 Å². The summed E-state index contributed by atoms with van der Waals surface area (Å²) in [5.74, 6) is 1.15. The number of benzene rings is 3. The summed E-state index contributed by atoms with van der Waals surface area (Å²) in [7, 11) is 0. The number of rotatable bonds is 17. The Morgan fingerprint density at radius 3 is 1.52 bits per heavy atom. The third-order valence-corrected chi connectivity index (χ3v) is 8.79. The van der Waals surface area contributed by atoms with Crippen molar-refractivity contribution in [1.29, 1.82) is 0 Å². The third-order valence-electron chi connectivity index (χ3n) is 8.02. The fraction of sp³-hybridized carbons (Fsp3) is 0.500. The van der Waals surface area contributed by atoms with Crippen LogP contribution in [0.4, 0.5) is 0 Å². The molecular formula is C38H52INOS. The van der Waals surface area contributed by atoms with Crippen LogP contribution in [0, 0.1) is 5.92 Å². The van der Waals surface area contributed by atoms with Gasteiger partial charge in [-0.15, -0.1) is 0 Å². The molecule has 2 nitrogen and oxygen atoms in total. The quantitative estimate of drug-likeness (QED) is 0.0379. The van der Waals surface area contributed by atoms with Crippen LogP contribution in [-0.4, -0.2) is 15.1 Å². The molecule has 2 atom stereocenters. The van der Waals surface area contributed by atoms with Gasteiger partial charge in [0, 0.05) is 0 Å². The van der Waals surface area contributed by atoms with Gasteiger partial charge in [0.15, 0.2) is 0 Å². The van der Waals surface area contributed by atoms with Crippen molar-refractivity contribution in [2.45, 2.75) is 114 Å². The first kappa shape index (κ1) is 34.7. The molecule has 1 aliphatic carbocycles. The zero-order valence-corrected chi connectivity index (χ0v) is 29.0. The average molecular weight is 698 g/mol. The normalized spacial score (nSPS) is 14.4. The van der Waals surface area contributed by atoms with Crippen LogP contribution >= 0.6 is 34.8 Å². The molecule has 0 spiro atoms. The van der Waals surface area contributed by atoms with Gasteiger partial charge in [0.2, 0.25) is 0 Å². The van der Waals surface area contributed by atoms with Gasteiger partial charge < -0.3 is 10.1 Å². The van der Waals surface area contributed by atoms with E-state index in [9.17, 15) is 0 Å². The highest BCUT2D eigenvalue weighted by Crippen LogP contribution is 2.42. The molecule has 3 aromatic carbocycles. The first-order valence-corrected chi connectivity index (χ1v) is 17.9. The molecule has 1 saturated carbocycles. The predicted octanol–water partition coefficient (Wildman–Crippen LogP) is 11.4. The molecule has 0 aromatic heterocycles. The van der Waals surface area contributed by atoms with E-state index < -0.39 is 5.60 Å². The van der Waals surface area contributed by atoms with E-state index in [1.165, 1.54) is 77.0 Å². The van der Waals surface area contributed by atoms with Crippen molar-refractivity contribution in [3.63, 3.8) is 0 Å². The molecule has 0 heterocycles. The minimum atomic E-state index is -0.758. The highest BCUT2D eigenvalue weighted by atomic mass is 127. The molecule has 0 aliphatic heterocycles. The van der Waals surface area contributed by atoms with Crippen molar-refractivity contribution in [3.8, 4) is 0 Å². The first-order chi connectivity index (χ1) is 20.5. The summed E-state index contributed by atoms with van der Waals surface area (Å²) in [5, 5.41) is 3.35. The van der Waals surface area contributed by atoms with Crippen LogP contribution in [0.1, 0.15) is 115 Å². The van der Waals surface area contributed by atoms with E-state index in [2.05, 4.69) is 115 Å². The molecule has 1 N–H and O–H groups in total. The van der Waals surface area contributed by atoms with Gasteiger partial charge in [-0.25, -0.2) is 0 Å². The van der Waals surface area contributed by atoms with E-state index in [0.29, 0.717) is 0 Å². The summed E-state index contributed by atoms with van der Waals surface area (Å²) in [6.07, 6.45) is 17.6. The van der Waals surface area contributed by atoms with Crippen molar-refractivity contribution in [3.05, 3.63) is 108 Å². The number of alkyl halides is 1. The van der Waals surface area contributed by atoms with Gasteiger partial charge in [-0.3, -0.25) is 0 Å². The molecule has 4 rings (SSSR count). The summed E-state index contributed by atoms with van der Waals surface area (Å²) in [6.45, 7) is 6.31. The summed E-state index contributed by atoms with van der Waals surface area (Å²) in [5.41, 5.74) is 2.49. The van der Waals surface area contributed by atoms with Gasteiger partial charge in [-0.2, -0.15) is 0 Å². The lowest BCUT2D eigenvalue weighted by Crippen LogP contribution is -2.47. The summed E-state index contributed by atoms with van der Waals surface area (Å²) >= 11 is 7.72. The lowest BCUT2D eigenvalue weighted by Gasteiger charge is -2.40. The minimum Gasteiger partial charge on any atom is -0.354 e. The number of nitrogens with one attached hydrogen (secondary N) is 1. The Kier molecular flexibility index (Phi) is 16.1. The largest absolute Gasteiger partial charge is 0.354 e. The first-order valence-electron chi connectivity index (χ1n) is 16.2. The topological polar surface area (TPSA) is 21.3 Å². The molecule has 0 saturated heterocycles. The fourth-order valence-electron chi connectivity index (χ4n) is 5.50. The SMILES string of the molecule is CC(=S)NC(OC(c1ccccc1)(c1ccccc1)c1ccccc1)C(C)I.CCCCCCCCCCCC1CC1.